The van der Waals surface area contributed by atoms with E-state index in [2.05, 4.69) is 5.32 Å². The van der Waals surface area contributed by atoms with Gasteiger partial charge in [-0.15, -0.1) is 0 Å². The second-order valence-corrected chi connectivity index (χ2v) is 5.17. The molecule has 1 amide bonds. The maximum atomic E-state index is 13.3. The fourth-order valence-corrected chi connectivity index (χ4v) is 1.93. The summed E-state index contributed by atoms with van der Waals surface area (Å²) >= 11 is 1.66. The lowest BCUT2D eigenvalue weighted by molar-refractivity contribution is -0.122. The average molecular weight is 270 g/mol. The van der Waals surface area contributed by atoms with Gasteiger partial charge in [-0.3, -0.25) is 4.79 Å². The van der Waals surface area contributed by atoms with Crippen LogP contribution in [0.25, 0.3) is 0 Å². The summed E-state index contributed by atoms with van der Waals surface area (Å²) in [6, 6.07) is 4.44. The standard InChI is InChI=1S/C13H19FN2OS/c1-9-3-4-10(7-11(9)14)8-16-13(17)12(15)5-6-18-2/h3-4,7,12H,5-6,8,15H2,1-2H3,(H,16,17)/t12-/m0/s1. The summed E-state index contributed by atoms with van der Waals surface area (Å²) in [6.07, 6.45) is 2.62. The first-order valence-electron chi connectivity index (χ1n) is 5.82. The number of amides is 1. The minimum Gasteiger partial charge on any atom is -0.351 e. The van der Waals surface area contributed by atoms with Crippen molar-refractivity contribution in [1.29, 1.82) is 0 Å². The molecule has 1 aromatic rings. The fraction of sp³-hybridized carbons (Fsp3) is 0.462. The van der Waals surface area contributed by atoms with Crippen LogP contribution in [0.4, 0.5) is 4.39 Å². The molecule has 0 saturated heterocycles. The molecule has 0 aliphatic carbocycles. The van der Waals surface area contributed by atoms with Gasteiger partial charge in [0.25, 0.3) is 0 Å². The summed E-state index contributed by atoms with van der Waals surface area (Å²) in [6.45, 7) is 2.01. The summed E-state index contributed by atoms with van der Waals surface area (Å²) in [5.41, 5.74) is 7.06. The molecular weight excluding hydrogens is 251 g/mol. The number of nitrogens with one attached hydrogen (secondary N) is 1. The van der Waals surface area contributed by atoms with Crippen molar-refractivity contribution in [1.82, 2.24) is 5.32 Å². The maximum Gasteiger partial charge on any atom is 0.237 e. The molecule has 0 unspecified atom stereocenters. The van der Waals surface area contributed by atoms with Gasteiger partial charge in [-0.05, 0) is 42.5 Å². The molecule has 18 heavy (non-hydrogen) atoms. The number of thioether (sulfide) groups is 1. The zero-order valence-corrected chi connectivity index (χ0v) is 11.5. The minimum absolute atomic E-state index is 0.190. The molecule has 0 aliphatic heterocycles. The Morgan fingerprint density at radius 3 is 2.89 bits per heavy atom. The van der Waals surface area contributed by atoms with Crippen molar-refractivity contribution in [2.75, 3.05) is 12.0 Å². The molecule has 100 valence electrons. The number of nitrogens with two attached hydrogens (primary N) is 1. The van der Waals surface area contributed by atoms with Crippen LogP contribution in [0.5, 0.6) is 0 Å². The first kappa shape index (κ1) is 15.0. The predicted molar refractivity (Wildman–Crippen MR) is 74.0 cm³/mol. The molecule has 1 atom stereocenters. The van der Waals surface area contributed by atoms with Crippen molar-refractivity contribution >= 4 is 17.7 Å². The third kappa shape index (κ3) is 4.66. The van der Waals surface area contributed by atoms with Crippen LogP contribution in [0.1, 0.15) is 17.5 Å². The van der Waals surface area contributed by atoms with E-state index in [9.17, 15) is 9.18 Å². The van der Waals surface area contributed by atoms with E-state index in [4.69, 9.17) is 5.73 Å². The largest absolute Gasteiger partial charge is 0.351 e. The number of rotatable bonds is 6. The Morgan fingerprint density at radius 1 is 1.56 bits per heavy atom. The highest BCUT2D eigenvalue weighted by atomic mass is 32.2. The molecular formula is C13H19FN2OS. The van der Waals surface area contributed by atoms with E-state index < -0.39 is 6.04 Å². The van der Waals surface area contributed by atoms with E-state index in [0.29, 0.717) is 18.5 Å². The van der Waals surface area contributed by atoms with Gasteiger partial charge in [0.1, 0.15) is 5.82 Å². The summed E-state index contributed by atoms with van der Waals surface area (Å²) in [4.78, 5) is 11.6. The van der Waals surface area contributed by atoms with Gasteiger partial charge >= 0.3 is 0 Å². The molecule has 1 rings (SSSR count). The lowest BCUT2D eigenvalue weighted by Crippen LogP contribution is -2.40. The van der Waals surface area contributed by atoms with Gasteiger partial charge in [-0.2, -0.15) is 11.8 Å². The normalized spacial score (nSPS) is 12.2. The van der Waals surface area contributed by atoms with Crippen LogP contribution in [0.15, 0.2) is 18.2 Å². The Labute approximate surface area is 111 Å². The fourth-order valence-electron chi connectivity index (χ4n) is 1.44. The number of benzene rings is 1. The van der Waals surface area contributed by atoms with Crippen LogP contribution in [-0.2, 0) is 11.3 Å². The summed E-state index contributed by atoms with van der Waals surface area (Å²) < 4.78 is 13.3. The Hall–Kier alpha value is -1.07. The second-order valence-electron chi connectivity index (χ2n) is 4.19. The molecule has 3 nitrogen and oxygen atoms in total. The number of hydrogen-bond acceptors (Lipinski definition) is 3. The van der Waals surface area contributed by atoms with Gasteiger partial charge in [0.2, 0.25) is 5.91 Å². The van der Waals surface area contributed by atoms with E-state index in [1.54, 1.807) is 30.8 Å². The van der Waals surface area contributed by atoms with E-state index in [0.717, 1.165) is 11.3 Å². The highest BCUT2D eigenvalue weighted by Gasteiger charge is 2.12. The third-order valence-electron chi connectivity index (χ3n) is 2.67. The zero-order chi connectivity index (χ0) is 13.5. The summed E-state index contributed by atoms with van der Waals surface area (Å²) in [7, 11) is 0. The van der Waals surface area contributed by atoms with Gasteiger partial charge in [0.05, 0.1) is 6.04 Å². The molecule has 0 spiro atoms. The van der Waals surface area contributed by atoms with Crippen molar-refractivity contribution in [3.8, 4) is 0 Å². The molecule has 0 fully saturated rings. The van der Waals surface area contributed by atoms with E-state index >= 15 is 0 Å². The minimum atomic E-state index is -0.493. The molecule has 0 heterocycles. The molecule has 0 bridgehead atoms. The molecule has 0 aliphatic rings. The summed E-state index contributed by atoms with van der Waals surface area (Å²) in [5, 5.41) is 2.71. The Morgan fingerprint density at radius 2 is 2.28 bits per heavy atom. The van der Waals surface area contributed by atoms with Crippen LogP contribution in [-0.4, -0.2) is 24.0 Å². The van der Waals surface area contributed by atoms with Crippen molar-refractivity contribution in [3.05, 3.63) is 35.1 Å². The van der Waals surface area contributed by atoms with Crippen molar-refractivity contribution in [3.63, 3.8) is 0 Å². The van der Waals surface area contributed by atoms with Gasteiger partial charge in [0, 0.05) is 6.54 Å². The number of halogens is 1. The van der Waals surface area contributed by atoms with Crippen LogP contribution >= 0.6 is 11.8 Å². The van der Waals surface area contributed by atoms with Gasteiger partial charge in [-0.25, -0.2) is 4.39 Å². The van der Waals surface area contributed by atoms with Crippen LogP contribution in [0, 0.1) is 12.7 Å². The number of carbonyl (C=O) groups is 1. The summed E-state index contributed by atoms with van der Waals surface area (Å²) in [5.74, 6) is 0.409. The van der Waals surface area contributed by atoms with Gasteiger partial charge in [0.15, 0.2) is 0 Å². The smallest absolute Gasteiger partial charge is 0.237 e. The highest BCUT2D eigenvalue weighted by molar-refractivity contribution is 7.98. The third-order valence-corrected chi connectivity index (χ3v) is 3.32. The maximum absolute atomic E-state index is 13.3. The molecule has 3 N–H and O–H groups in total. The second kappa shape index (κ2) is 7.38. The monoisotopic (exact) mass is 270 g/mol. The van der Waals surface area contributed by atoms with Crippen LogP contribution < -0.4 is 11.1 Å². The topological polar surface area (TPSA) is 55.1 Å². The highest BCUT2D eigenvalue weighted by Crippen LogP contribution is 2.09. The first-order chi connectivity index (χ1) is 8.54. The van der Waals surface area contributed by atoms with Crippen LogP contribution in [0.2, 0.25) is 0 Å². The zero-order valence-electron chi connectivity index (χ0n) is 10.7. The van der Waals surface area contributed by atoms with Gasteiger partial charge in [-0.1, -0.05) is 12.1 Å². The average Bonchev–Trinajstić information content (AvgIpc) is 2.36. The van der Waals surface area contributed by atoms with E-state index in [1.807, 2.05) is 6.26 Å². The number of aryl methyl sites for hydroxylation is 1. The molecule has 1 aromatic carbocycles. The molecule has 0 saturated carbocycles. The quantitative estimate of drug-likeness (QED) is 0.829. The lowest BCUT2D eigenvalue weighted by Gasteiger charge is -2.11. The molecule has 0 aromatic heterocycles. The van der Waals surface area contributed by atoms with E-state index in [1.165, 1.54) is 6.07 Å². The van der Waals surface area contributed by atoms with Crippen molar-refractivity contribution in [2.45, 2.75) is 25.9 Å². The molecule has 0 radical (unpaired) electrons. The Kier molecular flexibility index (Phi) is 6.15. The lowest BCUT2D eigenvalue weighted by atomic mass is 10.1. The first-order valence-corrected chi connectivity index (χ1v) is 7.21. The SMILES string of the molecule is CSCC[C@H](N)C(=O)NCc1ccc(C)c(F)c1. The molecule has 5 heteroatoms. The van der Waals surface area contributed by atoms with Crippen LogP contribution in [0.3, 0.4) is 0 Å². The van der Waals surface area contributed by atoms with E-state index in [-0.39, 0.29) is 11.7 Å². The van der Waals surface area contributed by atoms with Gasteiger partial charge < -0.3 is 11.1 Å². The Balaban J connectivity index is 2.44. The predicted octanol–water partition coefficient (Wildman–Crippen LogP) is 1.83. The van der Waals surface area contributed by atoms with Crippen molar-refractivity contribution < 1.29 is 9.18 Å². The number of hydrogen-bond donors (Lipinski definition) is 2. The Bertz CT molecular complexity index is 412. The number of carbonyl (C=O) groups excluding carboxylic acids is 1. The van der Waals surface area contributed by atoms with Crippen molar-refractivity contribution in [2.24, 2.45) is 5.73 Å².